The predicted molar refractivity (Wildman–Crippen MR) is 108 cm³/mol. The summed E-state index contributed by atoms with van der Waals surface area (Å²) in [6.07, 6.45) is 6.52. The first-order valence-electron chi connectivity index (χ1n) is 8.36. The Balaban J connectivity index is 2.01. The van der Waals surface area contributed by atoms with Gasteiger partial charge < -0.3 is 9.47 Å². The normalized spacial score (nSPS) is 15.1. The van der Waals surface area contributed by atoms with E-state index < -0.39 is 17.8 Å². The number of amides is 4. The molecule has 7 nitrogen and oxygen atoms in total. The predicted octanol–water partition coefficient (Wildman–Crippen LogP) is 3.03. The summed E-state index contributed by atoms with van der Waals surface area (Å²) < 4.78 is 10.5. The fourth-order valence-electron chi connectivity index (χ4n) is 2.66. The number of carbonyl (C=O) groups is 3. The number of methoxy groups -OCH3 is 1. The zero-order chi connectivity index (χ0) is 21.0. The highest BCUT2D eigenvalue weighted by Gasteiger charge is 2.37. The first-order valence-corrected chi connectivity index (χ1v) is 8.73. The van der Waals surface area contributed by atoms with Gasteiger partial charge in [0, 0.05) is 10.6 Å². The van der Waals surface area contributed by atoms with Crippen molar-refractivity contribution in [3.63, 3.8) is 0 Å². The minimum Gasteiger partial charge on any atom is -0.497 e. The number of imide groups is 2. The SMILES string of the molecule is C#CCOc1ccc(Cl)cc1/C=C1\C(=O)NC(=O)N(c2ccc(OC)cc2)C1=O. The molecule has 8 heteroatoms. The van der Waals surface area contributed by atoms with E-state index in [0.717, 1.165) is 4.90 Å². The molecule has 29 heavy (non-hydrogen) atoms. The van der Waals surface area contributed by atoms with Gasteiger partial charge in [-0.05, 0) is 48.5 Å². The lowest BCUT2D eigenvalue weighted by atomic mass is 10.1. The summed E-state index contributed by atoms with van der Waals surface area (Å²) in [5, 5.41) is 2.53. The molecule has 0 aliphatic carbocycles. The molecule has 146 valence electrons. The average Bonchev–Trinajstić information content (AvgIpc) is 2.71. The van der Waals surface area contributed by atoms with Crippen LogP contribution in [-0.2, 0) is 9.59 Å². The maximum atomic E-state index is 13.0. The first kappa shape index (κ1) is 20.0. The number of ether oxygens (including phenoxy) is 2. The zero-order valence-corrected chi connectivity index (χ0v) is 16.0. The molecule has 1 aliphatic rings. The summed E-state index contributed by atoms with van der Waals surface area (Å²) >= 11 is 6.03. The van der Waals surface area contributed by atoms with Crippen molar-refractivity contribution >= 4 is 41.2 Å². The van der Waals surface area contributed by atoms with Gasteiger partial charge in [0.2, 0.25) is 0 Å². The number of halogens is 1. The fraction of sp³-hybridized carbons (Fsp3) is 0.0952. The van der Waals surface area contributed by atoms with E-state index in [1.807, 2.05) is 0 Å². The Morgan fingerprint density at radius 3 is 2.55 bits per heavy atom. The molecule has 1 heterocycles. The van der Waals surface area contributed by atoms with E-state index >= 15 is 0 Å². The maximum Gasteiger partial charge on any atom is 0.335 e. The quantitative estimate of drug-likeness (QED) is 0.465. The maximum absolute atomic E-state index is 13.0. The number of carbonyl (C=O) groups excluding carboxylic acids is 3. The van der Waals surface area contributed by atoms with E-state index in [0.29, 0.717) is 22.1 Å². The summed E-state index contributed by atoms with van der Waals surface area (Å²) in [5.74, 6) is 1.62. The molecule has 1 saturated heterocycles. The van der Waals surface area contributed by atoms with Gasteiger partial charge in [-0.25, -0.2) is 9.69 Å². The molecule has 2 aromatic carbocycles. The van der Waals surface area contributed by atoms with Crippen LogP contribution in [0.25, 0.3) is 6.08 Å². The van der Waals surface area contributed by atoms with Crippen molar-refractivity contribution in [3.05, 3.63) is 58.6 Å². The summed E-state index contributed by atoms with van der Waals surface area (Å²) in [6, 6.07) is 10.1. The third-order valence-corrected chi connectivity index (χ3v) is 4.25. The minimum atomic E-state index is -0.850. The lowest BCUT2D eigenvalue weighted by molar-refractivity contribution is -0.122. The second-order valence-corrected chi connectivity index (χ2v) is 6.27. The molecule has 0 atom stereocenters. The number of anilines is 1. The van der Waals surface area contributed by atoms with Crippen LogP contribution in [0, 0.1) is 12.3 Å². The van der Waals surface area contributed by atoms with E-state index in [9.17, 15) is 14.4 Å². The number of terminal acetylenes is 1. The Kier molecular flexibility index (Phi) is 5.86. The second kappa shape index (κ2) is 8.50. The van der Waals surface area contributed by atoms with Crippen LogP contribution >= 0.6 is 11.6 Å². The van der Waals surface area contributed by atoms with Gasteiger partial charge in [0.1, 0.15) is 23.7 Å². The van der Waals surface area contributed by atoms with E-state index in [-0.39, 0.29) is 17.9 Å². The Morgan fingerprint density at radius 1 is 1.17 bits per heavy atom. The van der Waals surface area contributed by atoms with Crippen molar-refractivity contribution in [2.24, 2.45) is 0 Å². The van der Waals surface area contributed by atoms with E-state index in [2.05, 4.69) is 11.2 Å². The van der Waals surface area contributed by atoms with Crippen LogP contribution in [0.4, 0.5) is 10.5 Å². The number of hydrogen-bond donors (Lipinski definition) is 1. The second-order valence-electron chi connectivity index (χ2n) is 5.83. The van der Waals surface area contributed by atoms with Crippen molar-refractivity contribution in [1.82, 2.24) is 5.32 Å². The largest absolute Gasteiger partial charge is 0.497 e. The minimum absolute atomic E-state index is 0.00555. The standard InChI is InChI=1S/C21H15ClN2O5/c1-3-10-29-18-9-4-14(22)11-13(18)12-17-19(25)23-21(27)24(20(17)26)15-5-7-16(28-2)8-6-15/h1,4-9,11-12H,10H2,2H3,(H,23,25,27)/b17-12+. The lowest BCUT2D eigenvalue weighted by Crippen LogP contribution is -2.54. The smallest absolute Gasteiger partial charge is 0.335 e. The summed E-state index contributed by atoms with van der Waals surface area (Å²) in [6.45, 7) is -0.00555. The number of benzene rings is 2. The van der Waals surface area contributed by atoms with Crippen molar-refractivity contribution in [2.75, 3.05) is 18.6 Å². The average molecular weight is 411 g/mol. The molecule has 1 aliphatic heterocycles. The van der Waals surface area contributed by atoms with Crippen LogP contribution in [0.2, 0.25) is 5.02 Å². The number of nitrogens with zero attached hydrogens (tertiary/aromatic N) is 1. The first-order chi connectivity index (χ1) is 13.9. The van der Waals surface area contributed by atoms with Gasteiger partial charge in [0.15, 0.2) is 0 Å². The fourth-order valence-corrected chi connectivity index (χ4v) is 2.84. The van der Waals surface area contributed by atoms with Crippen LogP contribution in [0.1, 0.15) is 5.56 Å². The number of nitrogens with one attached hydrogen (secondary N) is 1. The van der Waals surface area contributed by atoms with E-state index in [1.165, 1.54) is 31.4 Å². The van der Waals surface area contributed by atoms with Crippen molar-refractivity contribution in [2.45, 2.75) is 0 Å². The van der Waals surface area contributed by atoms with Crippen molar-refractivity contribution in [3.8, 4) is 23.8 Å². The molecule has 0 radical (unpaired) electrons. The van der Waals surface area contributed by atoms with Crippen LogP contribution in [-0.4, -0.2) is 31.6 Å². The highest BCUT2D eigenvalue weighted by Crippen LogP contribution is 2.28. The molecule has 2 aromatic rings. The van der Waals surface area contributed by atoms with Gasteiger partial charge in [-0.15, -0.1) is 6.42 Å². The summed E-state index contributed by atoms with van der Waals surface area (Å²) in [7, 11) is 1.50. The highest BCUT2D eigenvalue weighted by atomic mass is 35.5. The van der Waals surface area contributed by atoms with Crippen LogP contribution < -0.4 is 19.7 Å². The van der Waals surface area contributed by atoms with Gasteiger partial charge in [0.05, 0.1) is 12.8 Å². The summed E-state index contributed by atoms with van der Waals surface area (Å²) in [5.41, 5.74) is 0.394. The van der Waals surface area contributed by atoms with Crippen LogP contribution in [0.3, 0.4) is 0 Å². The van der Waals surface area contributed by atoms with Gasteiger partial charge in [-0.3, -0.25) is 14.9 Å². The molecular weight excluding hydrogens is 396 g/mol. The lowest BCUT2D eigenvalue weighted by Gasteiger charge is -2.26. The van der Waals surface area contributed by atoms with Gasteiger partial charge in [-0.2, -0.15) is 0 Å². The summed E-state index contributed by atoms with van der Waals surface area (Å²) in [4.78, 5) is 38.4. The molecule has 0 unspecified atom stereocenters. The third kappa shape index (κ3) is 4.23. The number of rotatable bonds is 5. The van der Waals surface area contributed by atoms with E-state index in [4.69, 9.17) is 27.5 Å². The molecule has 0 spiro atoms. The zero-order valence-electron chi connectivity index (χ0n) is 15.3. The molecule has 3 rings (SSSR count). The molecule has 4 amide bonds. The number of barbiturate groups is 1. The molecule has 0 saturated carbocycles. The van der Waals surface area contributed by atoms with E-state index in [1.54, 1.807) is 24.3 Å². The molecule has 0 aromatic heterocycles. The van der Waals surface area contributed by atoms with Gasteiger partial charge in [-0.1, -0.05) is 17.5 Å². The highest BCUT2D eigenvalue weighted by molar-refractivity contribution is 6.39. The Bertz CT molecular complexity index is 1050. The molecule has 1 N–H and O–H groups in total. The Hall–Kier alpha value is -3.76. The van der Waals surface area contributed by atoms with Gasteiger partial charge in [0.25, 0.3) is 11.8 Å². The Labute approximate surface area is 171 Å². The number of hydrogen-bond acceptors (Lipinski definition) is 5. The monoisotopic (exact) mass is 410 g/mol. The molecular formula is C21H15ClN2O5. The number of urea groups is 1. The van der Waals surface area contributed by atoms with Crippen molar-refractivity contribution < 1.29 is 23.9 Å². The van der Waals surface area contributed by atoms with Crippen LogP contribution in [0.5, 0.6) is 11.5 Å². The van der Waals surface area contributed by atoms with Gasteiger partial charge >= 0.3 is 6.03 Å². The molecule has 0 bridgehead atoms. The topological polar surface area (TPSA) is 84.9 Å². The van der Waals surface area contributed by atoms with Crippen molar-refractivity contribution in [1.29, 1.82) is 0 Å². The molecule has 1 fully saturated rings. The third-order valence-electron chi connectivity index (χ3n) is 4.01. The van der Waals surface area contributed by atoms with Crippen LogP contribution in [0.15, 0.2) is 48.0 Å². The Morgan fingerprint density at radius 2 is 1.90 bits per heavy atom.